The first-order chi connectivity index (χ1) is 22.3. The Labute approximate surface area is 266 Å². The Morgan fingerprint density at radius 1 is 0.468 bits per heavy atom. The Morgan fingerprint density at radius 2 is 1.02 bits per heavy atom. The third-order valence-corrected chi connectivity index (χ3v) is 8.78. The third-order valence-electron chi connectivity index (χ3n) is 8.78. The lowest BCUT2D eigenvalue weighted by atomic mass is 9.98. The monoisotopic (exact) mass is 692 g/mol. The second-order valence-electron chi connectivity index (χ2n) is 12.0. The maximum atomic E-state index is 11.3. The predicted molar refractivity (Wildman–Crippen MR) is 141 cm³/mol. The molecule has 0 aromatic heterocycles. The minimum Gasteiger partial charge on any atom is -0.394 e. The van der Waals surface area contributed by atoms with Gasteiger partial charge < -0.3 is 104 Å². The van der Waals surface area contributed by atoms with Crippen LogP contribution in [0.15, 0.2) is 0 Å². The molecule has 5 rings (SSSR count). The van der Waals surface area contributed by atoms with Crippen LogP contribution in [0.5, 0.6) is 0 Å². The lowest BCUT2D eigenvalue weighted by molar-refractivity contribution is -0.334. The van der Waals surface area contributed by atoms with Gasteiger partial charge in [-0.3, -0.25) is 0 Å². The van der Waals surface area contributed by atoms with Crippen LogP contribution in [0.2, 0.25) is 0 Å². The van der Waals surface area contributed by atoms with E-state index in [0.29, 0.717) is 0 Å². The molecule has 0 bridgehead atoms. The molecular weight excluding hydrogens is 648 g/mol. The highest BCUT2D eigenvalue weighted by atomic mass is 16.7. The smallest absolute Gasteiger partial charge is 0.187 e. The molecular formula is C26H44O21. The summed E-state index contributed by atoms with van der Waals surface area (Å²) in [5.74, 6) is 0. The van der Waals surface area contributed by atoms with Gasteiger partial charge in [0.15, 0.2) is 25.2 Å². The first-order valence-corrected chi connectivity index (χ1v) is 15.1. The summed E-state index contributed by atoms with van der Waals surface area (Å²) in [6.45, 7) is -2.53. The zero-order valence-corrected chi connectivity index (χ0v) is 24.8. The Balaban J connectivity index is 1.21. The molecule has 10 unspecified atom stereocenters. The van der Waals surface area contributed by atoms with E-state index in [9.17, 15) is 61.3 Å². The molecule has 5 saturated heterocycles. The molecule has 20 atom stereocenters. The van der Waals surface area contributed by atoms with Crippen LogP contribution in [-0.2, 0) is 42.6 Å². The third kappa shape index (κ3) is 8.06. The minimum absolute atomic E-state index is 0.348. The number of ether oxygens (including phenoxy) is 9. The average Bonchev–Trinajstić information content (AvgIpc) is 3.33. The lowest BCUT2D eigenvalue weighted by Gasteiger charge is -2.44. The molecule has 5 heterocycles. The first kappa shape index (κ1) is 37.4. The summed E-state index contributed by atoms with van der Waals surface area (Å²) in [5.41, 5.74) is 0. The van der Waals surface area contributed by atoms with Gasteiger partial charge in [-0.05, 0) is 0 Å². The number of hydrogen-bond acceptors (Lipinski definition) is 21. The van der Waals surface area contributed by atoms with E-state index in [4.69, 9.17) is 42.6 Å². The van der Waals surface area contributed by atoms with E-state index in [-0.39, 0.29) is 26.4 Å². The standard InChI is InChI=1S/C26H44O21/c27-1-8-14(30)21(37)26(44-8)47-22-12(40-4-11(17(22)33)46-24-19(35)13(29)7(28)2-42-24)6-39-9-3-43-25(20(36)15(9)31)45-10-5-41-23(38)18(34)16(10)32/h7-38H,1-6H2/t7-,8+,9-,10-,11-,12+,13?,14?,15?,16?,17?,18?,19?,20?,21?,22?,23-,24+,25+,26+/m1/s1. The van der Waals surface area contributed by atoms with Gasteiger partial charge in [0, 0.05) is 0 Å². The Bertz CT molecular complexity index is 981. The minimum atomic E-state index is -1.72. The van der Waals surface area contributed by atoms with Crippen LogP contribution in [0.1, 0.15) is 0 Å². The summed E-state index contributed by atoms with van der Waals surface area (Å²) in [5, 5.41) is 122. The normalized spacial score (nSPS) is 52.9. The quantitative estimate of drug-likeness (QED) is 0.101. The molecule has 0 aliphatic carbocycles. The van der Waals surface area contributed by atoms with Gasteiger partial charge in [-0.2, -0.15) is 0 Å². The second-order valence-corrected chi connectivity index (χ2v) is 12.0. The van der Waals surface area contributed by atoms with Crippen LogP contribution in [0.4, 0.5) is 0 Å². The fourth-order valence-corrected chi connectivity index (χ4v) is 5.80. The molecule has 5 aliphatic rings. The first-order valence-electron chi connectivity index (χ1n) is 15.1. The van der Waals surface area contributed by atoms with Crippen molar-refractivity contribution in [1.29, 1.82) is 0 Å². The molecule has 21 heteroatoms. The van der Waals surface area contributed by atoms with Crippen LogP contribution < -0.4 is 0 Å². The van der Waals surface area contributed by atoms with Gasteiger partial charge in [-0.1, -0.05) is 0 Å². The summed E-state index contributed by atoms with van der Waals surface area (Å²) in [6.07, 6.45) is -29.8. The molecule has 0 saturated carbocycles. The molecule has 0 amide bonds. The number of hydrogen-bond donors (Lipinski definition) is 12. The van der Waals surface area contributed by atoms with E-state index in [1.807, 2.05) is 0 Å². The van der Waals surface area contributed by atoms with Gasteiger partial charge in [-0.25, -0.2) is 0 Å². The molecule has 0 aromatic rings. The fraction of sp³-hybridized carbons (Fsp3) is 1.00. The summed E-state index contributed by atoms with van der Waals surface area (Å²) >= 11 is 0. The predicted octanol–water partition coefficient (Wildman–Crippen LogP) is -8.69. The zero-order chi connectivity index (χ0) is 34.2. The van der Waals surface area contributed by atoms with E-state index < -0.39 is 136 Å². The molecule has 0 radical (unpaired) electrons. The van der Waals surface area contributed by atoms with Crippen molar-refractivity contribution < 1.29 is 104 Å². The Kier molecular flexibility index (Phi) is 12.7. The lowest BCUT2D eigenvalue weighted by Crippen LogP contribution is -2.62. The summed E-state index contributed by atoms with van der Waals surface area (Å²) in [7, 11) is 0. The van der Waals surface area contributed by atoms with Gasteiger partial charge in [0.05, 0.1) is 39.6 Å². The summed E-state index contributed by atoms with van der Waals surface area (Å²) in [6, 6.07) is 0. The van der Waals surface area contributed by atoms with Crippen molar-refractivity contribution in [2.24, 2.45) is 0 Å². The molecule has 21 nitrogen and oxygen atoms in total. The van der Waals surface area contributed by atoms with Crippen molar-refractivity contribution in [3.63, 3.8) is 0 Å². The van der Waals surface area contributed by atoms with E-state index >= 15 is 0 Å². The van der Waals surface area contributed by atoms with E-state index in [2.05, 4.69) is 0 Å². The van der Waals surface area contributed by atoms with Crippen LogP contribution in [-0.4, -0.2) is 224 Å². The van der Waals surface area contributed by atoms with Crippen LogP contribution in [0.25, 0.3) is 0 Å². The highest BCUT2D eigenvalue weighted by Crippen LogP contribution is 2.31. The number of aliphatic hydroxyl groups is 12. The van der Waals surface area contributed by atoms with Crippen molar-refractivity contribution in [1.82, 2.24) is 0 Å². The van der Waals surface area contributed by atoms with Crippen molar-refractivity contribution in [3.05, 3.63) is 0 Å². The highest BCUT2D eigenvalue weighted by Gasteiger charge is 2.51. The topological polar surface area (TPSA) is 326 Å². The number of aliphatic hydroxyl groups excluding tert-OH is 12. The molecule has 5 aliphatic heterocycles. The second kappa shape index (κ2) is 16.0. The molecule has 274 valence electrons. The van der Waals surface area contributed by atoms with Gasteiger partial charge in [0.25, 0.3) is 0 Å². The molecule has 0 spiro atoms. The fourth-order valence-electron chi connectivity index (χ4n) is 5.80. The van der Waals surface area contributed by atoms with E-state index in [0.717, 1.165) is 0 Å². The van der Waals surface area contributed by atoms with Crippen molar-refractivity contribution in [2.45, 2.75) is 123 Å². The molecule has 47 heavy (non-hydrogen) atoms. The van der Waals surface area contributed by atoms with E-state index in [1.54, 1.807) is 0 Å². The molecule has 0 aromatic carbocycles. The number of rotatable bonds is 10. The Hall–Kier alpha value is -0.840. The van der Waals surface area contributed by atoms with Crippen LogP contribution >= 0.6 is 0 Å². The van der Waals surface area contributed by atoms with Gasteiger partial charge in [0.1, 0.15) is 97.7 Å². The van der Waals surface area contributed by atoms with Crippen molar-refractivity contribution in [2.75, 3.05) is 39.6 Å². The van der Waals surface area contributed by atoms with Crippen LogP contribution in [0.3, 0.4) is 0 Å². The van der Waals surface area contributed by atoms with Gasteiger partial charge >= 0.3 is 0 Å². The maximum Gasteiger partial charge on any atom is 0.187 e. The van der Waals surface area contributed by atoms with Crippen molar-refractivity contribution in [3.8, 4) is 0 Å². The zero-order valence-electron chi connectivity index (χ0n) is 24.8. The van der Waals surface area contributed by atoms with Crippen LogP contribution in [0, 0.1) is 0 Å². The molecule has 12 N–H and O–H groups in total. The Morgan fingerprint density at radius 3 is 1.68 bits per heavy atom. The molecule has 5 fully saturated rings. The maximum absolute atomic E-state index is 11.3. The summed E-state index contributed by atoms with van der Waals surface area (Å²) in [4.78, 5) is 0. The van der Waals surface area contributed by atoms with E-state index in [1.165, 1.54) is 0 Å². The SMILES string of the molecule is OC[C@@H]1O[C@@H](OC2C(O)[C@H](O[C@@H]3OC[C@@H](O)C(O)C3O)CO[C@H]2CO[C@@H]2CO[C@@H](O[C@@H]3CO[C@@H](O)C(O)C3O)C(O)C2O)C(O)C1O. The van der Waals surface area contributed by atoms with Gasteiger partial charge in [-0.15, -0.1) is 0 Å². The highest BCUT2D eigenvalue weighted by molar-refractivity contribution is 4.95. The average molecular weight is 693 g/mol. The summed E-state index contributed by atoms with van der Waals surface area (Å²) < 4.78 is 49.4. The largest absolute Gasteiger partial charge is 0.394 e. The van der Waals surface area contributed by atoms with Gasteiger partial charge in [0.2, 0.25) is 0 Å². The van der Waals surface area contributed by atoms with Crippen molar-refractivity contribution >= 4 is 0 Å².